The number of halogens is 2. The molecule has 0 bridgehead atoms. The fourth-order valence-corrected chi connectivity index (χ4v) is 6.03. The van der Waals surface area contributed by atoms with Crippen LogP contribution in [0.15, 0.2) is 32.0 Å². The van der Waals surface area contributed by atoms with E-state index in [4.69, 9.17) is 0 Å². The first-order chi connectivity index (χ1) is 9.28. The Morgan fingerprint density at radius 3 is 2.25 bits per heavy atom. The Morgan fingerprint density at radius 1 is 1.10 bits per heavy atom. The van der Waals surface area contributed by atoms with Crippen molar-refractivity contribution in [3.8, 4) is 0 Å². The summed E-state index contributed by atoms with van der Waals surface area (Å²) in [5.41, 5.74) is 0. The van der Waals surface area contributed by atoms with Crippen LogP contribution in [0.5, 0.6) is 0 Å². The highest BCUT2D eigenvalue weighted by atomic mass is 79.9. The molecule has 0 spiro atoms. The van der Waals surface area contributed by atoms with Gasteiger partial charge in [-0.05, 0) is 65.2 Å². The van der Waals surface area contributed by atoms with Crippen molar-refractivity contribution in [2.75, 3.05) is 0 Å². The fraction of sp³-hybridized carbons (Fsp3) is 0.571. The number of hydrogen-bond acceptors (Lipinski definition) is 2. The average Bonchev–Trinajstić information content (AvgIpc) is 2.25. The molecule has 1 saturated carbocycles. The summed E-state index contributed by atoms with van der Waals surface area (Å²) >= 11 is 6.65. The van der Waals surface area contributed by atoms with Gasteiger partial charge in [-0.2, -0.15) is 0 Å². The average molecular weight is 425 g/mol. The Kier molecular flexibility index (Phi) is 5.32. The van der Waals surface area contributed by atoms with Gasteiger partial charge in [0.05, 0.1) is 4.90 Å². The molecule has 0 aromatic heterocycles. The lowest BCUT2D eigenvalue weighted by Gasteiger charge is -2.31. The van der Waals surface area contributed by atoms with Crippen LogP contribution in [-0.2, 0) is 10.0 Å². The second kappa shape index (κ2) is 6.46. The molecule has 1 N–H and O–H groups in total. The van der Waals surface area contributed by atoms with Gasteiger partial charge in [0.25, 0.3) is 0 Å². The number of benzene rings is 1. The molecule has 1 aliphatic rings. The van der Waals surface area contributed by atoms with Gasteiger partial charge in [0.15, 0.2) is 0 Å². The smallest absolute Gasteiger partial charge is 0.208 e. The monoisotopic (exact) mass is 423 g/mol. The van der Waals surface area contributed by atoms with E-state index in [0.717, 1.165) is 17.3 Å². The molecule has 2 rings (SSSR count). The first-order valence-electron chi connectivity index (χ1n) is 6.75. The molecule has 0 aliphatic heterocycles. The molecule has 3 nitrogen and oxygen atoms in total. The number of nitrogens with one attached hydrogen (secondary N) is 1. The molecule has 1 aromatic carbocycles. The van der Waals surface area contributed by atoms with Crippen LogP contribution in [0.1, 0.15) is 33.1 Å². The molecule has 0 radical (unpaired) electrons. The van der Waals surface area contributed by atoms with Crippen LogP contribution in [0.2, 0.25) is 0 Å². The summed E-state index contributed by atoms with van der Waals surface area (Å²) in [6.07, 6.45) is 3.01. The van der Waals surface area contributed by atoms with Crippen molar-refractivity contribution in [2.24, 2.45) is 11.8 Å². The quantitative estimate of drug-likeness (QED) is 0.785. The Labute approximate surface area is 137 Å². The normalized spacial score (nSPS) is 27.5. The molecule has 1 aromatic rings. The van der Waals surface area contributed by atoms with E-state index in [9.17, 15) is 8.42 Å². The maximum Gasteiger partial charge on any atom is 0.241 e. The minimum absolute atomic E-state index is 0.0364. The minimum Gasteiger partial charge on any atom is -0.208 e. The molecule has 112 valence electrons. The van der Waals surface area contributed by atoms with Crippen LogP contribution < -0.4 is 4.72 Å². The molecule has 0 amide bonds. The summed E-state index contributed by atoms with van der Waals surface area (Å²) in [7, 11) is -3.47. The predicted molar refractivity (Wildman–Crippen MR) is 88.1 cm³/mol. The minimum atomic E-state index is -3.47. The third kappa shape index (κ3) is 4.06. The topological polar surface area (TPSA) is 46.2 Å². The summed E-state index contributed by atoms with van der Waals surface area (Å²) in [5.74, 6) is 1.14. The molecule has 2 unspecified atom stereocenters. The summed E-state index contributed by atoms with van der Waals surface area (Å²) in [6, 6.07) is 5.15. The molecular formula is C14H19Br2NO2S. The first-order valence-corrected chi connectivity index (χ1v) is 9.82. The molecular weight excluding hydrogens is 406 g/mol. The van der Waals surface area contributed by atoms with Gasteiger partial charge in [0.2, 0.25) is 10.0 Å². The Morgan fingerprint density at radius 2 is 1.70 bits per heavy atom. The Balaban J connectivity index is 2.18. The van der Waals surface area contributed by atoms with Crippen molar-refractivity contribution in [2.45, 2.75) is 44.0 Å². The fourth-order valence-electron chi connectivity index (χ4n) is 3.02. The molecule has 2 atom stereocenters. The van der Waals surface area contributed by atoms with Gasteiger partial charge >= 0.3 is 0 Å². The second-order valence-corrected chi connectivity index (χ2v) is 9.26. The molecule has 1 fully saturated rings. The van der Waals surface area contributed by atoms with Gasteiger partial charge < -0.3 is 0 Å². The maximum atomic E-state index is 12.5. The van der Waals surface area contributed by atoms with Gasteiger partial charge in [0, 0.05) is 15.0 Å². The summed E-state index contributed by atoms with van der Waals surface area (Å²) < 4.78 is 29.3. The van der Waals surface area contributed by atoms with Crippen molar-refractivity contribution in [3.05, 3.63) is 27.1 Å². The van der Waals surface area contributed by atoms with Crippen molar-refractivity contribution < 1.29 is 8.42 Å². The molecule has 6 heteroatoms. The zero-order valence-corrected chi connectivity index (χ0v) is 15.6. The third-order valence-electron chi connectivity index (χ3n) is 3.68. The van der Waals surface area contributed by atoms with Gasteiger partial charge in [-0.15, -0.1) is 0 Å². The largest absolute Gasteiger partial charge is 0.241 e. The van der Waals surface area contributed by atoms with Gasteiger partial charge in [-0.3, -0.25) is 0 Å². The summed E-state index contributed by atoms with van der Waals surface area (Å²) in [6.45, 7) is 4.37. The highest BCUT2D eigenvalue weighted by Gasteiger charge is 2.28. The Hall–Kier alpha value is 0.0900. The van der Waals surface area contributed by atoms with Crippen LogP contribution in [-0.4, -0.2) is 14.5 Å². The zero-order chi connectivity index (χ0) is 14.9. The van der Waals surface area contributed by atoms with Crippen LogP contribution in [0.4, 0.5) is 0 Å². The van der Waals surface area contributed by atoms with E-state index in [1.807, 2.05) is 0 Å². The van der Waals surface area contributed by atoms with E-state index >= 15 is 0 Å². The molecule has 1 aliphatic carbocycles. The van der Waals surface area contributed by atoms with E-state index in [0.29, 0.717) is 21.2 Å². The van der Waals surface area contributed by atoms with E-state index in [-0.39, 0.29) is 6.04 Å². The zero-order valence-electron chi connectivity index (χ0n) is 11.6. The summed E-state index contributed by atoms with van der Waals surface area (Å²) in [4.78, 5) is 0.298. The standard InChI is InChI=1S/C14H19Br2NO2S/c1-9-5-10(2)7-12(6-9)17-20(18,19)14-4-3-11(15)8-13(14)16/h3-4,8-10,12,17H,5-7H2,1-2H3. The Bertz CT molecular complexity index is 579. The molecule has 0 saturated heterocycles. The van der Waals surface area contributed by atoms with Crippen molar-refractivity contribution in [1.29, 1.82) is 0 Å². The van der Waals surface area contributed by atoms with Crippen LogP contribution in [0.3, 0.4) is 0 Å². The summed E-state index contributed by atoms with van der Waals surface area (Å²) in [5, 5.41) is 0. The molecule has 0 heterocycles. The van der Waals surface area contributed by atoms with Gasteiger partial charge in [-0.1, -0.05) is 29.8 Å². The van der Waals surface area contributed by atoms with Gasteiger partial charge in [0.1, 0.15) is 0 Å². The van der Waals surface area contributed by atoms with Gasteiger partial charge in [-0.25, -0.2) is 13.1 Å². The van der Waals surface area contributed by atoms with E-state index in [1.54, 1.807) is 18.2 Å². The van der Waals surface area contributed by atoms with Crippen molar-refractivity contribution in [3.63, 3.8) is 0 Å². The van der Waals surface area contributed by atoms with E-state index in [2.05, 4.69) is 50.4 Å². The lowest BCUT2D eigenvalue weighted by atomic mass is 9.81. The van der Waals surface area contributed by atoms with Crippen molar-refractivity contribution >= 4 is 41.9 Å². The third-order valence-corrected chi connectivity index (χ3v) is 6.67. The SMILES string of the molecule is CC1CC(C)CC(NS(=O)(=O)c2ccc(Br)cc2Br)C1. The lowest BCUT2D eigenvalue weighted by Crippen LogP contribution is -2.40. The highest BCUT2D eigenvalue weighted by molar-refractivity contribution is 9.11. The van der Waals surface area contributed by atoms with Crippen LogP contribution >= 0.6 is 31.9 Å². The second-order valence-electron chi connectivity index (χ2n) is 5.81. The van der Waals surface area contributed by atoms with Crippen LogP contribution in [0, 0.1) is 11.8 Å². The molecule has 20 heavy (non-hydrogen) atoms. The first kappa shape index (κ1) is 16.5. The number of hydrogen-bond donors (Lipinski definition) is 1. The maximum absolute atomic E-state index is 12.5. The van der Waals surface area contributed by atoms with E-state index < -0.39 is 10.0 Å². The lowest BCUT2D eigenvalue weighted by molar-refractivity contribution is 0.257. The van der Waals surface area contributed by atoms with Crippen molar-refractivity contribution in [1.82, 2.24) is 4.72 Å². The van der Waals surface area contributed by atoms with Crippen LogP contribution in [0.25, 0.3) is 0 Å². The predicted octanol–water partition coefficient (Wildman–Crippen LogP) is 4.31. The highest BCUT2D eigenvalue weighted by Crippen LogP contribution is 2.31. The van der Waals surface area contributed by atoms with E-state index in [1.165, 1.54) is 6.42 Å². The number of rotatable bonds is 3. The number of sulfonamides is 1.